The van der Waals surface area contributed by atoms with Crippen LogP contribution in [0.1, 0.15) is 32.8 Å². The Kier molecular flexibility index (Phi) is 8.39. The van der Waals surface area contributed by atoms with E-state index in [0.29, 0.717) is 12.8 Å². The molecule has 1 rings (SSSR count). The largest absolute Gasteiger partial charge is 0.467 e. The van der Waals surface area contributed by atoms with E-state index in [1.165, 1.54) is 14.0 Å². The van der Waals surface area contributed by atoms with Gasteiger partial charge in [0.1, 0.15) is 12.1 Å². The monoisotopic (exact) mass is 346 g/mol. The summed E-state index contributed by atoms with van der Waals surface area (Å²) in [4.78, 5) is 36.0. The van der Waals surface area contributed by atoms with Crippen LogP contribution >= 0.6 is 0 Å². The van der Waals surface area contributed by atoms with Gasteiger partial charge in [-0.3, -0.25) is 9.59 Å². The van der Waals surface area contributed by atoms with Gasteiger partial charge in [0, 0.05) is 13.3 Å². The Morgan fingerprint density at radius 2 is 1.68 bits per heavy atom. The van der Waals surface area contributed by atoms with Gasteiger partial charge in [0.2, 0.25) is 11.8 Å². The summed E-state index contributed by atoms with van der Waals surface area (Å²) in [5, 5.41) is 5.31. The number of allylic oxidation sites excluding steroid dienone is 1. The van der Waals surface area contributed by atoms with E-state index in [-0.39, 0.29) is 5.91 Å². The number of carbonyl (C=O) groups is 3. The first-order chi connectivity index (χ1) is 11.8. The maximum absolute atomic E-state index is 12.6. The lowest BCUT2D eigenvalue weighted by molar-refractivity contribution is -0.145. The van der Waals surface area contributed by atoms with E-state index in [1.54, 1.807) is 0 Å². The lowest BCUT2D eigenvalue weighted by Crippen LogP contribution is -2.52. The van der Waals surface area contributed by atoms with Gasteiger partial charge in [-0.25, -0.2) is 4.79 Å². The number of carbonyl (C=O) groups excluding carboxylic acids is 3. The summed E-state index contributed by atoms with van der Waals surface area (Å²) in [6, 6.07) is 7.81. The van der Waals surface area contributed by atoms with Crippen molar-refractivity contribution in [1.82, 2.24) is 10.6 Å². The minimum atomic E-state index is -0.792. The molecule has 6 heteroatoms. The van der Waals surface area contributed by atoms with Crippen LogP contribution in [0.25, 0.3) is 0 Å². The summed E-state index contributed by atoms with van der Waals surface area (Å²) in [6.45, 7) is 5.17. The van der Waals surface area contributed by atoms with Gasteiger partial charge in [0.05, 0.1) is 7.11 Å². The van der Waals surface area contributed by atoms with Crippen LogP contribution in [0, 0.1) is 0 Å². The third kappa shape index (κ3) is 7.65. The molecule has 0 aliphatic carbocycles. The Hall–Kier alpha value is -2.63. The molecule has 6 nitrogen and oxygen atoms in total. The summed E-state index contributed by atoms with van der Waals surface area (Å²) < 4.78 is 4.75. The second-order valence-corrected chi connectivity index (χ2v) is 6.04. The number of esters is 1. The van der Waals surface area contributed by atoms with Crippen molar-refractivity contribution in [2.75, 3.05) is 7.11 Å². The Morgan fingerprint density at radius 1 is 1.04 bits per heavy atom. The highest BCUT2D eigenvalue weighted by Gasteiger charge is 2.26. The molecule has 1 aromatic rings. The third-order valence-electron chi connectivity index (χ3n) is 3.54. The van der Waals surface area contributed by atoms with Crippen molar-refractivity contribution in [2.45, 2.75) is 45.7 Å². The van der Waals surface area contributed by atoms with E-state index in [4.69, 9.17) is 4.74 Å². The van der Waals surface area contributed by atoms with E-state index >= 15 is 0 Å². The smallest absolute Gasteiger partial charge is 0.328 e. The van der Waals surface area contributed by atoms with Gasteiger partial charge in [0.15, 0.2) is 0 Å². The highest BCUT2D eigenvalue weighted by Crippen LogP contribution is 2.06. The summed E-state index contributed by atoms with van der Waals surface area (Å²) in [6.07, 6.45) is 2.52. The molecule has 0 aliphatic heterocycles. The molecule has 0 aliphatic rings. The summed E-state index contributed by atoms with van der Waals surface area (Å²) >= 11 is 0. The Labute approximate surface area is 148 Å². The van der Waals surface area contributed by atoms with E-state index < -0.39 is 24.0 Å². The van der Waals surface area contributed by atoms with Gasteiger partial charge < -0.3 is 15.4 Å². The molecule has 0 spiro atoms. The lowest BCUT2D eigenvalue weighted by Gasteiger charge is -2.21. The number of nitrogens with one attached hydrogen (secondary N) is 2. The second-order valence-electron chi connectivity index (χ2n) is 6.04. The fourth-order valence-corrected chi connectivity index (χ4v) is 2.29. The van der Waals surface area contributed by atoms with Crippen LogP contribution in [0.2, 0.25) is 0 Å². The second kappa shape index (κ2) is 10.3. The maximum Gasteiger partial charge on any atom is 0.328 e. The van der Waals surface area contributed by atoms with Gasteiger partial charge in [-0.1, -0.05) is 42.0 Å². The van der Waals surface area contributed by atoms with Crippen molar-refractivity contribution < 1.29 is 19.1 Å². The predicted octanol–water partition coefficient (Wildman–Crippen LogP) is 1.75. The Balaban J connectivity index is 2.88. The number of ether oxygens (including phenoxy) is 1. The summed E-state index contributed by atoms with van der Waals surface area (Å²) in [5.74, 6) is -1.25. The maximum atomic E-state index is 12.6. The number of methoxy groups -OCH3 is 1. The molecular formula is C19H26N2O4. The van der Waals surface area contributed by atoms with Crippen molar-refractivity contribution in [3.63, 3.8) is 0 Å². The van der Waals surface area contributed by atoms with Gasteiger partial charge >= 0.3 is 5.97 Å². The van der Waals surface area contributed by atoms with Crippen LogP contribution in [0.15, 0.2) is 42.0 Å². The first kappa shape index (κ1) is 20.4. The molecule has 0 aromatic heterocycles. The van der Waals surface area contributed by atoms with Crippen LogP contribution in [-0.2, 0) is 25.5 Å². The molecule has 0 fully saturated rings. The van der Waals surface area contributed by atoms with Crippen LogP contribution < -0.4 is 10.6 Å². The molecule has 2 atom stereocenters. The fraction of sp³-hybridized carbons (Fsp3) is 0.421. The number of hydrogen-bond acceptors (Lipinski definition) is 4. The van der Waals surface area contributed by atoms with E-state index in [9.17, 15) is 14.4 Å². The molecule has 0 saturated carbocycles. The molecule has 0 saturated heterocycles. The first-order valence-corrected chi connectivity index (χ1v) is 8.16. The summed E-state index contributed by atoms with van der Waals surface area (Å²) in [5.41, 5.74) is 1.95. The van der Waals surface area contributed by atoms with Crippen molar-refractivity contribution in [2.24, 2.45) is 0 Å². The summed E-state index contributed by atoms with van der Waals surface area (Å²) in [7, 11) is 1.28. The minimum Gasteiger partial charge on any atom is -0.467 e. The number of amides is 2. The first-order valence-electron chi connectivity index (χ1n) is 8.16. The SMILES string of the molecule is COC(=O)[C@H](CC=C(C)C)NC(=O)[C@@H](Cc1ccccc1)NC(C)=O. The van der Waals surface area contributed by atoms with Gasteiger partial charge in [-0.2, -0.15) is 0 Å². The normalized spacial score (nSPS) is 12.5. The van der Waals surface area contributed by atoms with Crippen LogP contribution in [-0.4, -0.2) is 37.0 Å². The zero-order valence-corrected chi connectivity index (χ0v) is 15.2. The molecule has 136 valence electrons. The van der Waals surface area contributed by atoms with E-state index in [0.717, 1.165) is 11.1 Å². The molecule has 0 heterocycles. The average Bonchev–Trinajstić information content (AvgIpc) is 2.57. The molecule has 2 N–H and O–H groups in total. The van der Waals surface area contributed by atoms with Crippen LogP contribution in [0.5, 0.6) is 0 Å². The third-order valence-corrected chi connectivity index (χ3v) is 3.54. The molecule has 2 amide bonds. The van der Waals surface area contributed by atoms with Crippen molar-refractivity contribution >= 4 is 17.8 Å². The predicted molar refractivity (Wildman–Crippen MR) is 95.7 cm³/mol. The molecule has 0 unspecified atom stereocenters. The van der Waals surface area contributed by atoms with Gasteiger partial charge in [-0.05, 0) is 25.8 Å². The van der Waals surface area contributed by atoms with Crippen LogP contribution in [0.3, 0.4) is 0 Å². The van der Waals surface area contributed by atoms with Gasteiger partial charge in [-0.15, -0.1) is 0 Å². The number of rotatable bonds is 8. The lowest BCUT2D eigenvalue weighted by atomic mass is 10.0. The van der Waals surface area contributed by atoms with E-state index in [1.807, 2.05) is 50.3 Å². The molecular weight excluding hydrogens is 320 g/mol. The molecule has 0 bridgehead atoms. The average molecular weight is 346 g/mol. The highest BCUT2D eigenvalue weighted by atomic mass is 16.5. The number of hydrogen-bond donors (Lipinski definition) is 2. The van der Waals surface area contributed by atoms with Crippen molar-refractivity contribution in [1.29, 1.82) is 0 Å². The zero-order valence-electron chi connectivity index (χ0n) is 15.2. The standard InChI is InChI=1S/C19H26N2O4/c1-13(2)10-11-16(19(24)25-4)21-18(23)17(20-14(3)22)12-15-8-6-5-7-9-15/h5-10,16-17H,11-12H2,1-4H3,(H,20,22)(H,21,23)/t16-,17+/m0/s1. The highest BCUT2D eigenvalue weighted by molar-refractivity contribution is 5.90. The van der Waals surface area contributed by atoms with E-state index in [2.05, 4.69) is 10.6 Å². The zero-order chi connectivity index (χ0) is 18.8. The topological polar surface area (TPSA) is 84.5 Å². The molecule has 0 radical (unpaired) electrons. The Bertz CT molecular complexity index is 622. The van der Waals surface area contributed by atoms with Crippen LogP contribution in [0.4, 0.5) is 0 Å². The van der Waals surface area contributed by atoms with Gasteiger partial charge in [0.25, 0.3) is 0 Å². The quantitative estimate of drug-likeness (QED) is 0.555. The number of benzene rings is 1. The minimum absolute atomic E-state index is 0.310. The molecule has 1 aromatic carbocycles. The fourth-order valence-electron chi connectivity index (χ4n) is 2.29. The van der Waals surface area contributed by atoms with Crippen molar-refractivity contribution in [3.05, 3.63) is 47.5 Å². The molecule has 25 heavy (non-hydrogen) atoms. The Morgan fingerprint density at radius 3 is 2.20 bits per heavy atom. The van der Waals surface area contributed by atoms with Crippen molar-refractivity contribution in [3.8, 4) is 0 Å².